The van der Waals surface area contributed by atoms with Crippen molar-refractivity contribution in [3.63, 3.8) is 0 Å². The number of fused-ring (bicyclic) bond motifs is 1. The normalized spacial score (nSPS) is 24.1. The summed E-state index contributed by atoms with van der Waals surface area (Å²) in [5, 5.41) is 10.4. The number of ether oxygens (including phenoxy) is 1. The maximum atomic E-state index is 13.2. The van der Waals surface area contributed by atoms with Gasteiger partial charge in [0.1, 0.15) is 11.2 Å². The smallest absolute Gasteiger partial charge is 0.273 e. The molecule has 10 heteroatoms. The lowest BCUT2D eigenvalue weighted by Crippen LogP contribution is -2.64. The molecule has 3 aliphatic rings. The molecule has 2 aliphatic heterocycles. The Bertz CT molecular complexity index is 874. The van der Waals surface area contributed by atoms with Gasteiger partial charge in [0.2, 0.25) is 5.91 Å². The van der Waals surface area contributed by atoms with E-state index in [2.05, 4.69) is 20.6 Å². The summed E-state index contributed by atoms with van der Waals surface area (Å²) in [7, 11) is 0. The molecular weight excluding hydrogens is 424 g/mol. The van der Waals surface area contributed by atoms with E-state index in [1.54, 1.807) is 11.8 Å². The Kier molecular flexibility index (Phi) is 7.33. The number of nitrogens with one attached hydrogen (secondary N) is 2. The summed E-state index contributed by atoms with van der Waals surface area (Å²) >= 11 is 0. The van der Waals surface area contributed by atoms with E-state index in [0.29, 0.717) is 18.8 Å². The Balaban J connectivity index is 1.39. The number of morpholine rings is 1. The molecule has 3 amide bonds. The van der Waals surface area contributed by atoms with Gasteiger partial charge in [0.25, 0.3) is 11.8 Å². The first-order valence-electron chi connectivity index (χ1n) is 12.2. The fourth-order valence-electron chi connectivity index (χ4n) is 5.08. The van der Waals surface area contributed by atoms with Gasteiger partial charge in [0.05, 0.1) is 19.8 Å². The third kappa shape index (κ3) is 5.06. The van der Waals surface area contributed by atoms with E-state index in [1.807, 2.05) is 6.92 Å². The van der Waals surface area contributed by atoms with Gasteiger partial charge in [0.15, 0.2) is 5.69 Å². The van der Waals surface area contributed by atoms with Crippen molar-refractivity contribution in [2.24, 2.45) is 0 Å². The summed E-state index contributed by atoms with van der Waals surface area (Å²) < 4.78 is 6.87. The third-order valence-electron chi connectivity index (χ3n) is 7.07. The van der Waals surface area contributed by atoms with Crippen molar-refractivity contribution in [1.29, 1.82) is 0 Å². The topological polar surface area (TPSA) is 109 Å². The van der Waals surface area contributed by atoms with E-state index in [9.17, 15) is 14.4 Å². The quantitative estimate of drug-likeness (QED) is 0.551. The van der Waals surface area contributed by atoms with Crippen LogP contribution in [0.5, 0.6) is 0 Å². The van der Waals surface area contributed by atoms with Crippen molar-refractivity contribution >= 4 is 17.7 Å². The molecule has 1 unspecified atom stereocenters. The Morgan fingerprint density at radius 2 is 1.97 bits per heavy atom. The van der Waals surface area contributed by atoms with E-state index < -0.39 is 5.54 Å². The van der Waals surface area contributed by atoms with Crippen molar-refractivity contribution in [3.05, 3.63) is 17.5 Å². The summed E-state index contributed by atoms with van der Waals surface area (Å²) in [6, 6.07) is 1.71. The number of carbonyl (C=O) groups is 3. The van der Waals surface area contributed by atoms with E-state index in [4.69, 9.17) is 4.74 Å². The van der Waals surface area contributed by atoms with Crippen LogP contribution in [0.4, 0.5) is 0 Å². The van der Waals surface area contributed by atoms with Crippen LogP contribution in [0.2, 0.25) is 0 Å². The largest absolute Gasteiger partial charge is 0.379 e. The van der Waals surface area contributed by atoms with Crippen molar-refractivity contribution in [2.75, 3.05) is 45.9 Å². The summed E-state index contributed by atoms with van der Waals surface area (Å²) in [6.07, 6.45) is 5.02. The van der Waals surface area contributed by atoms with Gasteiger partial charge >= 0.3 is 0 Å². The molecular formula is C23H36N6O4. The van der Waals surface area contributed by atoms with Gasteiger partial charge < -0.3 is 20.3 Å². The summed E-state index contributed by atoms with van der Waals surface area (Å²) in [6.45, 7) is 9.08. The highest BCUT2D eigenvalue weighted by molar-refractivity contribution is 6.01. The Morgan fingerprint density at radius 1 is 1.24 bits per heavy atom. The number of rotatable bonds is 8. The highest BCUT2D eigenvalue weighted by atomic mass is 16.5. The van der Waals surface area contributed by atoms with Gasteiger partial charge in [-0.3, -0.25) is 24.0 Å². The van der Waals surface area contributed by atoms with Gasteiger partial charge in [-0.1, -0.05) is 12.8 Å². The predicted molar refractivity (Wildman–Crippen MR) is 122 cm³/mol. The second kappa shape index (κ2) is 10.2. The molecule has 0 radical (unpaired) electrons. The van der Waals surface area contributed by atoms with Crippen LogP contribution in [-0.4, -0.2) is 94.8 Å². The molecule has 33 heavy (non-hydrogen) atoms. The van der Waals surface area contributed by atoms with Crippen LogP contribution in [-0.2, 0) is 16.1 Å². The molecule has 1 saturated heterocycles. The zero-order valence-corrected chi connectivity index (χ0v) is 19.8. The molecule has 0 spiro atoms. The van der Waals surface area contributed by atoms with E-state index in [1.165, 1.54) is 10.7 Å². The SMILES string of the molecule is CCN1C(=O)c2cc(C(=O)NCCCN3CCOCC3)nn2CC1(C)C(=O)NC1CCCC1. The number of amides is 3. The van der Waals surface area contributed by atoms with Crippen molar-refractivity contribution in [3.8, 4) is 0 Å². The molecule has 1 aromatic rings. The molecule has 4 rings (SSSR count). The maximum Gasteiger partial charge on any atom is 0.273 e. The van der Waals surface area contributed by atoms with Gasteiger partial charge in [-0.25, -0.2) is 0 Å². The molecule has 0 aromatic carbocycles. The first-order chi connectivity index (χ1) is 15.9. The predicted octanol–water partition coefficient (Wildman–Crippen LogP) is 0.628. The molecule has 182 valence electrons. The average molecular weight is 461 g/mol. The lowest BCUT2D eigenvalue weighted by Gasteiger charge is -2.43. The Hall–Kier alpha value is -2.46. The first kappa shape index (κ1) is 23.7. The monoisotopic (exact) mass is 460 g/mol. The number of aromatic nitrogens is 2. The lowest BCUT2D eigenvalue weighted by atomic mass is 9.94. The van der Waals surface area contributed by atoms with Gasteiger partial charge in [-0.05, 0) is 39.7 Å². The number of carbonyl (C=O) groups excluding carboxylic acids is 3. The molecule has 1 atom stereocenters. The lowest BCUT2D eigenvalue weighted by molar-refractivity contribution is -0.133. The number of hydrogen-bond acceptors (Lipinski definition) is 6. The first-order valence-corrected chi connectivity index (χ1v) is 12.2. The molecule has 2 fully saturated rings. The molecule has 1 aliphatic carbocycles. The standard InChI is InChI=1S/C23H36N6O4/c1-3-28-21(31)19-15-18(20(30)24-9-6-10-27-11-13-33-14-12-27)26-29(19)16-23(28,2)22(32)25-17-7-4-5-8-17/h15,17H,3-14,16H2,1-2H3,(H,24,30)(H,25,32). The van der Waals surface area contributed by atoms with Crippen molar-refractivity contribution in [2.45, 2.75) is 64.1 Å². The van der Waals surface area contributed by atoms with Crippen LogP contribution in [0.1, 0.15) is 66.9 Å². The van der Waals surface area contributed by atoms with Crippen LogP contribution in [0, 0.1) is 0 Å². The maximum absolute atomic E-state index is 13.2. The Labute approximate surface area is 195 Å². The molecule has 1 aromatic heterocycles. The van der Waals surface area contributed by atoms with Gasteiger partial charge in [0, 0.05) is 38.3 Å². The number of likely N-dealkylation sites (N-methyl/N-ethyl adjacent to an activating group) is 1. The Morgan fingerprint density at radius 3 is 2.67 bits per heavy atom. The number of nitrogens with zero attached hydrogens (tertiary/aromatic N) is 4. The minimum absolute atomic E-state index is 0.153. The fourth-order valence-corrected chi connectivity index (χ4v) is 5.08. The van der Waals surface area contributed by atoms with Crippen LogP contribution in [0.15, 0.2) is 6.07 Å². The summed E-state index contributed by atoms with van der Waals surface area (Å²) in [5.74, 6) is -0.724. The minimum Gasteiger partial charge on any atom is -0.379 e. The van der Waals surface area contributed by atoms with Crippen LogP contribution >= 0.6 is 0 Å². The number of hydrogen-bond donors (Lipinski definition) is 2. The van der Waals surface area contributed by atoms with E-state index >= 15 is 0 Å². The van der Waals surface area contributed by atoms with Crippen molar-refractivity contribution < 1.29 is 19.1 Å². The zero-order valence-electron chi connectivity index (χ0n) is 19.8. The summed E-state index contributed by atoms with van der Waals surface area (Å²) in [4.78, 5) is 43.0. The second-order valence-corrected chi connectivity index (χ2v) is 9.41. The van der Waals surface area contributed by atoms with Crippen LogP contribution in [0.3, 0.4) is 0 Å². The highest BCUT2D eigenvalue weighted by Crippen LogP contribution is 2.28. The van der Waals surface area contributed by atoms with E-state index in [0.717, 1.165) is 65.0 Å². The van der Waals surface area contributed by atoms with Crippen LogP contribution in [0.25, 0.3) is 0 Å². The average Bonchev–Trinajstić information content (AvgIpc) is 3.47. The summed E-state index contributed by atoms with van der Waals surface area (Å²) in [5.41, 5.74) is -0.484. The molecule has 1 saturated carbocycles. The molecule has 10 nitrogen and oxygen atoms in total. The van der Waals surface area contributed by atoms with Gasteiger partial charge in [-0.2, -0.15) is 5.10 Å². The minimum atomic E-state index is -1.04. The zero-order chi connectivity index (χ0) is 23.4. The fraction of sp³-hybridized carbons (Fsp3) is 0.739. The third-order valence-corrected chi connectivity index (χ3v) is 7.07. The highest BCUT2D eigenvalue weighted by Gasteiger charge is 2.48. The molecule has 2 N–H and O–H groups in total. The van der Waals surface area contributed by atoms with Crippen molar-refractivity contribution in [1.82, 2.24) is 30.2 Å². The molecule has 0 bridgehead atoms. The van der Waals surface area contributed by atoms with Crippen LogP contribution < -0.4 is 10.6 Å². The second-order valence-electron chi connectivity index (χ2n) is 9.41. The van der Waals surface area contributed by atoms with Gasteiger partial charge in [-0.15, -0.1) is 0 Å². The molecule has 3 heterocycles. The van der Waals surface area contributed by atoms with E-state index in [-0.39, 0.29) is 36.0 Å².